The summed E-state index contributed by atoms with van der Waals surface area (Å²) in [6.07, 6.45) is 6.36. The van der Waals surface area contributed by atoms with Crippen LogP contribution in [0.25, 0.3) is 0 Å². The Labute approximate surface area is 217 Å². The molecule has 0 amide bonds. The van der Waals surface area contributed by atoms with Crippen LogP contribution in [0.3, 0.4) is 0 Å². The molecule has 1 saturated carbocycles. The summed E-state index contributed by atoms with van der Waals surface area (Å²) in [5.41, 5.74) is -2.08. The van der Waals surface area contributed by atoms with Gasteiger partial charge in [-0.15, -0.1) is 0 Å². The molecule has 5 heteroatoms. The third kappa shape index (κ3) is 4.15. The van der Waals surface area contributed by atoms with Crippen molar-refractivity contribution in [3.63, 3.8) is 0 Å². The van der Waals surface area contributed by atoms with Crippen LogP contribution in [0.1, 0.15) is 101 Å². The van der Waals surface area contributed by atoms with E-state index in [4.69, 9.17) is 4.74 Å². The summed E-state index contributed by atoms with van der Waals surface area (Å²) in [5, 5.41) is 10.7. The Bertz CT molecular complexity index is 1040. The maximum Gasteiger partial charge on any atom is 0.184 e. The highest BCUT2D eigenvalue weighted by atomic mass is 16.5. The fourth-order valence-electron chi connectivity index (χ4n) is 6.87. The molecule has 0 unspecified atom stereocenters. The van der Waals surface area contributed by atoms with Gasteiger partial charge < -0.3 is 9.84 Å². The minimum atomic E-state index is -1.75. The van der Waals surface area contributed by atoms with E-state index in [1.165, 1.54) is 11.1 Å². The van der Waals surface area contributed by atoms with Crippen molar-refractivity contribution in [3.05, 3.63) is 34.6 Å². The van der Waals surface area contributed by atoms with Crippen molar-refractivity contribution in [1.82, 2.24) is 0 Å². The van der Waals surface area contributed by atoms with Crippen LogP contribution in [0.15, 0.2) is 34.6 Å². The molecule has 36 heavy (non-hydrogen) atoms. The molecule has 2 aliphatic carbocycles. The van der Waals surface area contributed by atoms with E-state index in [9.17, 15) is 19.5 Å². The lowest BCUT2D eigenvalue weighted by atomic mass is 9.38. The van der Waals surface area contributed by atoms with Crippen LogP contribution >= 0.6 is 0 Å². The van der Waals surface area contributed by atoms with Crippen molar-refractivity contribution in [2.75, 3.05) is 0 Å². The predicted molar refractivity (Wildman–Crippen MR) is 142 cm³/mol. The van der Waals surface area contributed by atoms with Crippen LogP contribution < -0.4 is 0 Å². The Hall–Kier alpha value is -2.01. The van der Waals surface area contributed by atoms with Crippen LogP contribution in [0, 0.1) is 28.1 Å². The van der Waals surface area contributed by atoms with Gasteiger partial charge in [-0.2, -0.15) is 0 Å². The van der Waals surface area contributed by atoms with Crippen LogP contribution in [0.4, 0.5) is 0 Å². The van der Waals surface area contributed by atoms with E-state index in [0.717, 1.165) is 0 Å². The first-order chi connectivity index (χ1) is 16.4. The number of rotatable bonds is 8. The van der Waals surface area contributed by atoms with Crippen molar-refractivity contribution in [2.45, 2.75) is 113 Å². The first-order valence-corrected chi connectivity index (χ1v) is 13.5. The first-order valence-electron chi connectivity index (χ1n) is 13.5. The monoisotopic (exact) mass is 498 g/mol. The minimum absolute atomic E-state index is 0.0638. The number of allylic oxidation sites excluding steroid dienone is 5. The molecule has 5 nitrogen and oxygen atoms in total. The van der Waals surface area contributed by atoms with Gasteiger partial charge in [-0.05, 0) is 85.5 Å². The number of hydrogen-bond donors (Lipinski definition) is 1. The number of hydrogen-bond acceptors (Lipinski definition) is 5. The Balaban J connectivity index is 2.33. The van der Waals surface area contributed by atoms with Gasteiger partial charge in [-0.1, -0.05) is 44.1 Å². The zero-order valence-electron chi connectivity index (χ0n) is 24.0. The van der Waals surface area contributed by atoms with Gasteiger partial charge >= 0.3 is 0 Å². The van der Waals surface area contributed by atoms with Gasteiger partial charge in [0, 0.05) is 17.9 Å². The molecule has 0 aromatic heterocycles. The molecule has 0 saturated heterocycles. The van der Waals surface area contributed by atoms with Gasteiger partial charge in [0.05, 0.1) is 11.0 Å². The van der Waals surface area contributed by atoms with Crippen LogP contribution in [-0.2, 0) is 19.1 Å². The lowest BCUT2D eigenvalue weighted by Gasteiger charge is -2.60. The highest BCUT2D eigenvalue weighted by Gasteiger charge is 2.76. The molecular formula is C31H46O5. The van der Waals surface area contributed by atoms with E-state index in [1.807, 2.05) is 41.5 Å². The number of aliphatic hydroxyl groups is 1. The zero-order valence-corrected chi connectivity index (χ0v) is 24.0. The summed E-state index contributed by atoms with van der Waals surface area (Å²) in [5.74, 6) is -1.10. The van der Waals surface area contributed by atoms with Gasteiger partial charge in [-0.25, -0.2) is 0 Å². The lowest BCUT2D eigenvalue weighted by molar-refractivity contribution is -0.180. The lowest BCUT2D eigenvalue weighted by Crippen LogP contribution is -2.70. The zero-order chi connectivity index (χ0) is 27.4. The molecular weight excluding hydrogens is 452 g/mol. The summed E-state index contributed by atoms with van der Waals surface area (Å²) >= 11 is 0. The van der Waals surface area contributed by atoms with E-state index < -0.39 is 33.9 Å². The maximum atomic E-state index is 14.7. The van der Waals surface area contributed by atoms with Crippen molar-refractivity contribution in [1.29, 1.82) is 0 Å². The number of ether oxygens (including phenoxy) is 1. The van der Waals surface area contributed by atoms with E-state index >= 15 is 0 Å². The standard InChI is InChI=1S/C31H46O5/c1-18(2)12-11-15-30(10)21(14-13-19(3)4)17-29(9)26-22(16-23(36-26)28(7,8)35)25(33)31(30,27(29)34)24(32)20(5)6/h12-13,20-21,23,35H,11,14-17H2,1-10H3/t21-,23-,29+,30+,31-/m0/s1. The largest absolute Gasteiger partial charge is 0.490 e. The second kappa shape index (κ2) is 9.38. The predicted octanol–water partition coefficient (Wildman–Crippen LogP) is 6.30. The molecule has 3 rings (SSSR count). The van der Waals surface area contributed by atoms with Crippen molar-refractivity contribution in [3.8, 4) is 0 Å². The summed E-state index contributed by atoms with van der Waals surface area (Å²) in [7, 11) is 0. The normalized spacial score (nSPS) is 33.9. The second-order valence-electron chi connectivity index (χ2n) is 13.2. The van der Waals surface area contributed by atoms with Gasteiger partial charge in [0.2, 0.25) is 0 Å². The van der Waals surface area contributed by atoms with Gasteiger partial charge in [0.15, 0.2) is 22.8 Å². The van der Waals surface area contributed by atoms with Crippen LogP contribution in [0.5, 0.6) is 0 Å². The summed E-state index contributed by atoms with van der Waals surface area (Å²) in [4.78, 5) is 43.5. The van der Waals surface area contributed by atoms with Crippen molar-refractivity contribution >= 4 is 17.3 Å². The van der Waals surface area contributed by atoms with Crippen molar-refractivity contribution in [2.24, 2.45) is 28.1 Å². The Kier molecular flexibility index (Phi) is 7.44. The number of ketones is 3. The fraction of sp³-hybridized carbons (Fsp3) is 0.710. The average molecular weight is 499 g/mol. The Morgan fingerprint density at radius 1 is 1.11 bits per heavy atom. The molecule has 1 N–H and O–H groups in total. The molecule has 2 bridgehead atoms. The molecule has 1 fully saturated rings. The number of carbonyl (C=O) groups excluding carboxylic acids is 3. The third-order valence-electron chi connectivity index (χ3n) is 9.00. The molecule has 1 aliphatic heterocycles. The van der Waals surface area contributed by atoms with Crippen LogP contribution in [0.2, 0.25) is 0 Å². The van der Waals surface area contributed by atoms with E-state index in [-0.39, 0.29) is 29.7 Å². The summed E-state index contributed by atoms with van der Waals surface area (Å²) < 4.78 is 6.25. The van der Waals surface area contributed by atoms with E-state index in [1.54, 1.807) is 27.7 Å². The molecule has 0 spiro atoms. The molecule has 0 aromatic rings. The Morgan fingerprint density at radius 2 is 1.69 bits per heavy atom. The molecule has 1 heterocycles. The topological polar surface area (TPSA) is 80.7 Å². The van der Waals surface area contributed by atoms with Gasteiger partial charge in [-0.3, -0.25) is 14.4 Å². The van der Waals surface area contributed by atoms with Crippen LogP contribution in [-0.4, -0.2) is 34.2 Å². The quantitative estimate of drug-likeness (QED) is 0.314. The van der Waals surface area contributed by atoms with Gasteiger partial charge in [0.25, 0.3) is 0 Å². The van der Waals surface area contributed by atoms with Gasteiger partial charge in [0.1, 0.15) is 11.9 Å². The number of fused-ring (bicyclic) bond motifs is 3. The molecule has 200 valence electrons. The molecule has 3 aliphatic rings. The number of carbonyl (C=O) groups is 3. The first kappa shape index (κ1) is 28.6. The smallest absolute Gasteiger partial charge is 0.184 e. The van der Waals surface area contributed by atoms with E-state index in [0.29, 0.717) is 37.0 Å². The highest BCUT2D eigenvalue weighted by molar-refractivity contribution is 6.33. The molecule has 0 aromatic carbocycles. The highest BCUT2D eigenvalue weighted by Crippen LogP contribution is 2.68. The average Bonchev–Trinajstić information content (AvgIpc) is 3.21. The fourth-order valence-corrected chi connectivity index (χ4v) is 6.87. The molecule has 5 atom stereocenters. The minimum Gasteiger partial charge on any atom is -0.490 e. The third-order valence-corrected chi connectivity index (χ3v) is 9.00. The second-order valence-corrected chi connectivity index (χ2v) is 13.2. The van der Waals surface area contributed by atoms with E-state index in [2.05, 4.69) is 12.2 Å². The summed E-state index contributed by atoms with van der Waals surface area (Å²) in [6, 6.07) is 0. The van der Waals surface area contributed by atoms with Crippen molar-refractivity contribution < 1.29 is 24.2 Å². The Morgan fingerprint density at radius 3 is 2.19 bits per heavy atom. The maximum absolute atomic E-state index is 14.7. The number of Topliss-reactive ketones (excluding diaryl/α,β-unsaturated/α-hetero) is 3. The summed E-state index contributed by atoms with van der Waals surface area (Å²) in [6.45, 7) is 18.9. The SMILES string of the molecule is CC(C)=CCC[C@]1(C)[C@@H](CC=C(C)C)C[C@@]2(C)C(=O)[C@]1(C(=O)C(C)C)C(=O)C1=C2O[C@H](C(C)(C)O)C1. The molecule has 0 radical (unpaired) electrons.